The first kappa shape index (κ1) is 25.5. The SMILES string of the molecule is COc1ccc(C2CCC(C(=O)Oc3ccc(C4CCC(OC)CC4)c(F)c3F)CC2)c(F)c1F. The Morgan fingerprint density at radius 3 is 1.69 bits per heavy atom. The molecule has 0 radical (unpaired) electrons. The molecule has 0 N–H and O–H groups in total. The first-order valence-electron chi connectivity index (χ1n) is 12.1. The van der Waals surface area contributed by atoms with Crippen LogP contribution >= 0.6 is 0 Å². The lowest BCUT2D eigenvalue weighted by Gasteiger charge is -2.29. The minimum Gasteiger partial charge on any atom is -0.494 e. The summed E-state index contributed by atoms with van der Waals surface area (Å²) in [6.45, 7) is 0. The smallest absolute Gasteiger partial charge is 0.314 e. The highest BCUT2D eigenvalue weighted by atomic mass is 19.2. The van der Waals surface area contributed by atoms with Gasteiger partial charge in [0, 0.05) is 7.11 Å². The molecule has 0 spiro atoms. The van der Waals surface area contributed by atoms with Crippen molar-refractivity contribution in [3.05, 3.63) is 58.7 Å². The van der Waals surface area contributed by atoms with Gasteiger partial charge in [0.2, 0.25) is 11.6 Å². The molecule has 2 aromatic carbocycles. The number of methoxy groups -OCH3 is 2. The number of halogens is 4. The van der Waals surface area contributed by atoms with Gasteiger partial charge in [-0.3, -0.25) is 4.79 Å². The van der Waals surface area contributed by atoms with E-state index in [0.717, 1.165) is 12.8 Å². The predicted octanol–water partition coefficient (Wildman–Crippen LogP) is 6.80. The lowest BCUT2D eigenvalue weighted by Crippen LogP contribution is -2.26. The highest BCUT2D eigenvalue weighted by Gasteiger charge is 2.32. The Morgan fingerprint density at radius 2 is 1.17 bits per heavy atom. The molecule has 0 aliphatic heterocycles. The number of hydrogen-bond donors (Lipinski definition) is 0. The summed E-state index contributed by atoms with van der Waals surface area (Å²) in [6.07, 6.45) is 4.78. The van der Waals surface area contributed by atoms with Gasteiger partial charge in [0.25, 0.3) is 0 Å². The van der Waals surface area contributed by atoms with Crippen molar-refractivity contribution in [3.63, 3.8) is 0 Å². The van der Waals surface area contributed by atoms with E-state index in [1.165, 1.54) is 31.4 Å². The molecule has 8 heteroatoms. The summed E-state index contributed by atoms with van der Waals surface area (Å²) in [5.74, 6) is -6.20. The summed E-state index contributed by atoms with van der Waals surface area (Å²) in [5, 5.41) is 0. The first-order valence-corrected chi connectivity index (χ1v) is 12.1. The minimum atomic E-state index is -1.16. The second kappa shape index (κ2) is 11.0. The summed E-state index contributed by atoms with van der Waals surface area (Å²) < 4.78 is 73.4. The summed E-state index contributed by atoms with van der Waals surface area (Å²) in [6, 6.07) is 5.70. The molecule has 0 heterocycles. The third-order valence-electron chi connectivity index (χ3n) is 7.53. The summed E-state index contributed by atoms with van der Waals surface area (Å²) in [7, 11) is 2.92. The van der Waals surface area contributed by atoms with Gasteiger partial charge in [0.1, 0.15) is 0 Å². The fraction of sp³-hybridized carbons (Fsp3) is 0.519. The van der Waals surface area contributed by atoms with Crippen molar-refractivity contribution >= 4 is 5.97 Å². The van der Waals surface area contributed by atoms with Gasteiger partial charge in [-0.2, -0.15) is 8.78 Å². The average Bonchev–Trinajstić information content (AvgIpc) is 2.88. The minimum absolute atomic E-state index is 0.0980. The predicted molar refractivity (Wildman–Crippen MR) is 122 cm³/mol. The van der Waals surface area contributed by atoms with Crippen LogP contribution in [0.15, 0.2) is 24.3 Å². The van der Waals surface area contributed by atoms with Crippen molar-refractivity contribution in [2.24, 2.45) is 5.92 Å². The molecule has 2 aromatic rings. The largest absolute Gasteiger partial charge is 0.494 e. The third kappa shape index (κ3) is 5.32. The molecule has 0 unspecified atom stereocenters. The number of carbonyl (C=O) groups excluding carboxylic acids is 1. The van der Waals surface area contributed by atoms with Crippen molar-refractivity contribution in [2.75, 3.05) is 14.2 Å². The Hall–Kier alpha value is -2.61. The fourth-order valence-electron chi connectivity index (χ4n) is 5.40. The fourth-order valence-corrected chi connectivity index (χ4v) is 5.40. The maximum absolute atomic E-state index is 14.8. The maximum Gasteiger partial charge on any atom is 0.314 e. The number of ether oxygens (including phenoxy) is 3. The molecule has 0 saturated heterocycles. The molecular weight excluding hydrogens is 464 g/mol. The van der Waals surface area contributed by atoms with Crippen LogP contribution in [-0.2, 0) is 9.53 Å². The molecule has 2 aliphatic rings. The van der Waals surface area contributed by atoms with Crippen molar-refractivity contribution in [1.82, 2.24) is 0 Å². The summed E-state index contributed by atoms with van der Waals surface area (Å²) in [4.78, 5) is 12.7. The van der Waals surface area contributed by atoms with Gasteiger partial charge in [0.15, 0.2) is 23.1 Å². The van der Waals surface area contributed by atoms with E-state index in [9.17, 15) is 22.4 Å². The molecule has 35 heavy (non-hydrogen) atoms. The second-order valence-corrected chi connectivity index (χ2v) is 9.44. The Labute approximate surface area is 202 Å². The molecule has 2 aliphatic carbocycles. The second-order valence-electron chi connectivity index (χ2n) is 9.44. The Kier molecular flexibility index (Phi) is 7.99. The van der Waals surface area contributed by atoms with Gasteiger partial charge >= 0.3 is 5.97 Å². The van der Waals surface area contributed by atoms with Crippen LogP contribution < -0.4 is 9.47 Å². The molecule has 0 bridgehead atoms. The van der Waals surface area contributed by atoms with Crippen molar-refractivity contribution in [3.8, 4) is 11.5 Å². The standard InChI is InChI=1S/C27H30F4O4/c1-33-18-9-7-16(8-10-18)20-12-14-22(26(31)24(20)29)35-27(32)17-5-3-15(4-6-17)19-11-13-21(34-2)25(30)23(19)28/h11-18H,3-10H2,1-2H3. The van der Waals surface area contributed by atoms with Gasteiger partial charge in [0.05, 0.1) is 19.1 Å². The number of rotatable bonds is 6. The van der Waals surface area contributed by atoms with Crippen molar-refractivity contribution in [2.45, 2.75) is 69.3 Å². The molecule has 0 amide bonds. The van der Waals surface area contributed by atoms with E-state index in [0.29, 0.717) is 44.1 Å². The monoisotopic (exact) mass is 494 g/mol. The zero-order chi connectivity index (χ0) is 25.1. The van der Waals surface area contributed by atoms with Crippen molar-refractivity contribution in [1.29, 1.82) is 0 Å². The molecule has 2 fully saturated rings. The molecule has 4 nitrogen and oxygen atoms in total. The topological polar surface area (TPSA) is 44.8 Å². The van der Waals surface area contributed by atoms with E-state index >= 15 is 0 Å². The van der Waals surface area contributed by atoms with E-state index in [1.54, 1.807) is 7.11 Å². The lowest BCUT2D eigenvalue weighted by molar-refractivity contribution is -0.140. The Balaban J connectivity index is 1.37. The van der Waals surface area contributed by atoms with E-state index in [-0.39, 0.29) is 29.3 Å². The van der Waals surface area contributed by atoms with Crippen LogP contribution in [0.25, 0.3) is 0 Å². The zero-order valence-corrected chi connectivity index (χ0v) is 19.9. The van der Waals surface area contributed by atoms with E-state index < -0.39 is 40.9 Å². The molecule has 0 atom stereocenters. The van der Waals surface area contributed by atoms with E-state index in [2.05, 4.69) is 0 Å². The lowest BCUT2D eigenvalue weighted by atomic mass is 9.78. The van der Waals surface area contributed by atoms with E-state index in [4.69, 9.17) is 14.2 Å². The molecule has 4 rings (SSSR count). The van der Waals surface area contributed by atoms with Crippen LogP contribution in [0.4, 0.5) is 17.6 Å². The Morgan fingerprint density at radius 1 is 0.686 bits per heavy atom. The van der Waals surface area contributed by atoms with Crippen LogP contribution in [-0.4, -0.2) is 26.3 Å². The van der Waals surface area contributed by atoms with Gasteiger partial charge in [-0.05, 0) is 86.5 Å². The van der Waals surface area contributed by atoms with E-state index in [1.807, 2.05) is 0 Å². The van der Waals surface area contributed by atoms with Gasteiger partial charge in [-0.15, -0.1) is 0 Å². The van der Waals surface area contributed by atoms with Gasteiger partial charge < -0.3 is 14.2 Å². The van der Waals surface area contributed by atoms with Crippen LogP contribution in [0, 0.1) is 29.2 Å². The molecular formula is C27H30F4O4. The quantitative estimate of drug-likeness (QED) is 0.252. The molecule has 2 saturated carbocycles. The normalized spacial score (nSPS) is 24.7. The average molecular weight is 495 g/mol. The highest BCUT2D eigenvalue weighted by Crippen LogP contribution is 2.40. The van der Waals surface area contributed by atoms with Crippen LogP contribution in [0.5, 0.6) is 11.5 Å². The number of esters is 1. The molecule has 190 valence electrons. The first-order chi connectivity index (χ1) is 16.8. The van der Waals surface area contributed by atoms with Crippen molar-refractivity contribution < 1.29 is 36.6 Å². The zero-order valence-electron chi connectivity index (χ0n) is 19.9. The van der Waals surface area contributed by atoms with Gasteiger partial charge in [-0.25, -0.2) is 8.78 Å². The van der Waals surface area contributed by atoms with Crippen LogP contribution in [0.3, 0.4) is 0 Å². The number of benzene rings is 2. The van der Waals surface area contributed by atoms with Crippen LogP contribution in [0.2, 0.25) is 0 Å². The van der Waals surface area contributed by atoms with Crippen LogP contribution in [0.1, 0.15) is 74.3 Å². The number of carbonyl (C=O) groups is 1. The Bertz CT molecular complexity index is 1060. The molecule has 0 aromatic heterocycles. The maximum atomic E-state index is 14.8. The summed E-state index contributed by atoms with van der Waals surface area (Å²) in [5.41, 5.74) is 0.546. The van der Waals surface area contributed by atoms with Gasteiger partial charge in [-0.1, -0.05) is 12.1 Å². The number of hydrogen-bond acceptors (Lipinski definition) is 4. The third-order valence-corrected chi connectivity index (χ3v) is 7.53. The summed E-state index contributed by atoms with van der Waals surface area (Å²) >= 11 is 0. The highest BCUT2D eigenvalue weighted by molar-refractivity contribution is 5.75.